The molecule has 0 aliphatic heterocycles. The summed E-state index contributed by atoms with van der Waals surface area (Å²) in [6, 6.07) is 9.10. The number of aliphatic hydroxyl groups is 1. The molecular weight excluding hydrogens is 371 g/mol. The molecule has 0 amide bonds. The van der Waals surface area contributed by atoms with Gasteiger partial charge in [-0.15, -0.1) is 13.2 Å². The quantitative estimate of drug-likeness (QED) is 0.694. The summed E-state index contributed by atoms with van der Waals surface area (Å²) < 4.78 is 40.4. The van der Waals surface area contributed by atoms with Crippen molar-refractivity contribution in [3.05, 3.63) is 72.6 Å². The molecule has 28 heavy (non-hydrogen) atoms. The topological polar surface area (TPSA) is 68.1 Å². The molecule has 5 nitrogen and oxygen atoms in total. The average molecular weight is 385 g/mol. The van der Waals surface area contributed by atoms with Crippen molar-refractivity contribution in [3.63, 3.8) is 0 Å². The lowest BCUT2D eigenvalue weighted by Crippen LogP contribution is -2.16. The van der Waals surface area contributed by atoms with E-state index in [2.05, 4.69) is 31.5 Å². The van der Waals surface area contributed by atoms with Gasteiger partial charge in [0.15, 0.2) is 0 Å². The third-order valence-corrected chi connectivity index (χ3v) is 3.65. The average Bonchev–Trinajstić information content (AvgIpc) is 2.68. The highest BCUT2D eigenvalue weighted by atomic mass is 19.4. The van der Waals surface area contributed by atoms with E-state index in [1.165, 1.54) is 43.0 Å². The number of hydrogen-bond donors (Lipinski definition) is 1. The number of halogens is 3. The van der Waals surface area contributed by atoms with Crippen LogP contribution in [0.5, 0.6) is 5.75 Å². The van der Waals surface area contributed by atoms with Gasteiger partial charge >= 0.3 is 6.36 Å². The van der Waals surface area contributed by atoms with Crippen LogP contribution in [-0.4, -0.2) is 26.4 Å². The first-order chi connectivity index (χ1) is 13.4. The largest absolute Gasteiger partial charge is 0.573 e. The molecule has 0 fully saturated rings. The van der Waals surface area contributed by atoms with Crippen molar-refractivity contribution in [1.82, 2.24) is 15.0 Å². The summed E-state index contributed by atoms with van der Waals surface area (Å²) in [6.45, 7) is 0. The van der Waals surface area contributed by atoms with Crippen molar-refractivity contribution in [2.75, 3.05) is 0 Å². The first-order valence-corrected chi connectivity index (χ1v) is 8.13. The second-order valence-corrected chi connectivity index (χ2v) is 5.68. The lowest BCUT2D eigenvalue weighted by molar-refractivity contribution is -0.274. The zero-order valence-electron chi connectivity index (χ0n) is 14.4. The molecule has 3 aromatic rings. The minimum Gasteiger partial charge on any atom is -0.406 e. The fraction of sp³-hybridized carbons (Fsp3) is 0.150. The standard InChI is InChI=1S/C20H14F3N3O2/c21-20(22,23)28-18-8-5-14(6-9-18)15-4-7-17(26-12-15)2-1-3-19(27)16-10-24-13-25-11-16/h4-13,19,27H,2H2. The summed E-state index contributed by atoms with van der Waals surface area (Å²) in [5, 5.41) is 9.93. The Labute approximate surface area is 158 Å². The minimum absolute atomic E-state index is 0.279. The Hall–Kier alpha value is -3.44. The van der Waals surface area contributed by atoms with Crippen LogP contribution in [0.15, 0.2) is 61.3 Å². The molecule has 0 aliphatic carbocycles. The number of rotatable bonds is 4. The van der Waals surface area contributed by atoms with Gasteiger partial charge in [-0.05, 0) is 23.8 Å². The monoisotopic (exact) mass is 385 g/mol. The van der Waals surface area contributed by atoms with E-state index < -0.39 is 12.5 Å². The van der Waals surface area contributed by atoms with Crippen molar-refractivity contribution in [3.8, 4) is 28.7 Å². The zero-order valence-corrected chi connectivity index (χ0v) is 14.4. The SMILES string of the molecule is OC(C#CCc1ccc(-c2ccc(OC(F)(F)F)cc2)cn1)c1cncnc1. The van der Waals surface area contributed by atoms with Crippen LogP contribution < -0.4 is 4.74 Å². The van der Waals surface area contributed by atoms with E-state index in [9.17, 15) is 18.3 Å². The maximum atomic E-state index is 12.2. The van der Waals surface area contributed by atoms with Gasteiger partial charge in [-0.2, -0.15) is 0 Å². The van der Waals surface area contributed by atoms with Crippen molar-refractivity contribution < 1.29 is 23.0 Å². The molecule has 0 spiro atoms. The first-order valence-electron chi connectivity index (χ1n) is 8.13. The van der Waals surface area contributed by atoms with Gasteiger partial charge in [0.25, 0.3) is 0 Å². The predicted octanol–water partition coefficient (Wildman–Crippen LogP) is 3.72. The normalized spacial score (nSPS) is 12.0. The number of aliphatic hydroxyl groups excluding tert-OH is 1. The molecule has 1 atom stereocenters. The molecule has 1 aromatic carbocycles. The van der Waals surface area contributed by atoms with Crippen LogP contribution >= 0.6 is 0 Å². The highest BCUT2D eigenvalue weighted by molar-refractivity contribution is 5.63. The van der Waals surface area contributed by atoms with Gasteiger partial charge in [0.1, 0.15) is 18.2 Å². The molecule has 8 heteroatoms. The number of nitrogens with zero attached hydrogens (tertiary/aromatic N) is 3. The van der Waals surface area contributed by atoms with Crippen molar-refractivity contribution in [2.45, 2.75) is 18.9 Å². The molecule has 1 N–H and O–H groups in total. The fourth-order valence-electron chi connectivity index (χ4n) is 2.32. The third-order valence-electron chi connectivity index (χ3n) is 3.65. The Morgan fingerprint density at radius 2 is 1.64 bits per heavy atom. The van der Waals surface area contributed by atoms with E-state index in [0.717, 1.165) is 5.56 Å². The van der Waals surface area contributed by atoms with E-state index in [-0.39, 0.29) is 5.75 Å². The summed E-state index contributed by atoms with van der Waals surface area (Å²) >= 11 is 0. The lowest BCUT2D eigenvalue weighted by atomic mass is 10.1. The number of pyridine rings is 1. The van der Waals surface area contributed by atoms with Crippen molar-refractivity contribution >= 4 is 0 Å². The van der Waals surface area contributed by atoms with E-state index in [4.69, 9.17) is 0 Å². The maximum Gasteiger partial charge on any atom is 0.573 e. The van der Waals surface area contributed by atoms with E-state index in [1.807, 2.05) is 0 Å². The van der Waals surface area contributed by atoms with Gasteiger partial charge < -0.3 is 9.84 Å². The van der Waals surface area contributed by atoms with Gasteiger partial charge in [-0.25, -0.2) is 9.97 Å². The van der Waals surface area contributed by atoms with Crippen LogP contribution in [0.3, 0.4) is 0 Å². The van der Waals surface area contributed by atoms with Crippen molar-refractivity contribution in [2.24, 2.45) is 0 Å². The van der Waals surface area contributed by atoms with Crippen molar-refractivity contribution in [1.29, 1.82) is 0 Å². The molecule has 3 rings (SSSR count). The van der Waals surface area contributed by atoms with Crippen LogP contribution in [0.2, 0.25) is 0 Å². The number of hydrogen-bond acceptors (Lipinski definition) is 5. The molecule has 0 radical (unpaired) electrons. The van der Waals surface area contributed by atoms with E-state index in [1.54, 1.807) is 18.3 Å². The minimum atomic E-state index is -4.72. The highest BCUT2D eigenvalue weighted by Gasteiger charge is 2.30. The summed E-state index contributed by atoms with van der Waals surface area (Å²) in [7, 11) is 0. The van der Waals surface area contributed by atoms with Crippen LogP contribution in [0.25, 0.3) is 11.1 Å². The van der Waals surface area contributed by atoms with Gasteiger partial charge in [0, 0.05) is 29.7 Å². The fourth-order valence-corrected chi connectivity index (χ4v) is 2.32. The molecule has 0 saturated heterocycles. The van der Waals surface area contributed by atoms with Gasteiger partial charge in [0.2, 0.25) is 0 Å². The Morgan fingerprint density at radius 3 is 2.25 bits per heavy atom. The number of benzene rings is 1. The summed E-state index contributed by atoms with van der Waals surface area (Å²) in [5.41, 5.74) is 2.66. The molecule has 2 aromatic heterocycles. The smallest absolute Gasteiger partial charge is 0.406 e. The van der Waals surface area contributed by atoms with Gasteiger partial charge in [-0.3, -0.25) is 4.98 Å². The third kappa shape index (κ3) is 5.53. The number of aromatic nitrogens is 3. The Kier molecular flexibility index (Phi) is 5.87. The first kappa shape index (κ1) is 19.3. The van der Waals surface area contributed by atoms with Gasteiger partial charge in [0.05, 0.1) is 12.1 Å². The van der Waals surface area contributed by atoms with Gasteiger partial charge in [-0.1, -0.05) is 30.0 Å². The second-order valence-electron chi connectivity index (χ2n) is 5.68. The second kappa shape index (κ2) is 8.50. The molecule has 1 unspecified atom stereocenters. The molecule has 142 valence electrons. The molecule has 2 heterocycles. The van der Waals surface area contributed by atoms with Crippen LogP contribution in [-0.2, 0) is 6.42 Å². The van der Waals surface area contributed by atoms with E-state index in [0.29, 0.717) is 23.2 Å². The van der Waals surface area contributed by atoms with Crippen LogP contribution in [0.1, 0.15) is 17.4 Å². The summed E-state index contributed by atoms with van der Waals surface area (Å²) in [5.74, 6) is 5.27. The molecular formula is C20H14F3N3O2. The number of ether oxygens (including phenoxy) is 1. The Balaban J connectivity index is 1.62. The predicted molar refractivity (Wildman–Crippen MR) is 94.8 cm³/mol. The summed E-state index contributed by atoms with van der Waals surface area (Å²) in [6.07, 6.45) is 0.604. The Morgan fingerprint density at radius 1 is 0.964 bits per heavy atom. The Bertz CT molecular complexity index is 964. The number of alkyl halides is 3. The molecule has 0 aliphatic rings. The lowest BCUT2D eigenvalue weighted by Gasteiger charge is -2.09. The highest BCUT2D eigenvalue weighted by Crippen LogP contribution is 2.26. The molecule has 0 bridgehead atoms. The van der Waals surface area contributed by atoms with Crippen LogP contribution in [0.4, 0.5) is 13.2 Å². The van der Waals surface area contributed by atoms with E-state index >= 15 is 0 Å². The zero-order chi connectivity index (χ0) is 20.0. The summed E-state index contributed by atoms with van der Waals surface area (Å²) in [4.78, 5) is 11.9. The molecule has 0 saturated carbocycles. The van der Waals surface area contributed by atoms with Crippen LogP contribution in [0, 0.1) is 11.8 Å². The maximum absolute atomic E-state index is 12.2.